The fourth-order valence-corrected chi connectivity index (χ4v) is 2.58. The van der Waals surface area contributed by atoms with Gasteiger partial charge in [-0.3, -0.25) is 9.59 Å². The van der Waals surface area contributed by atoms with E-state index in [-0.39, 0.29) is 30.4 Å². The molecule has 2 amide bonds. The maximum absolute atomic E-state index is 12.4. The van der Waals surface area contributed by atoms with Crippen LogP contribution in [0.4, 0.5) is 5.69 Å². The first-order valence-corrected chi connectivity index (χ1v) is 8.73. The molecule has 0 aliphatic rings. The van der Waals surface area contributed by atoms with E-state index in [1.807, 2.05) is 57.2 Å². The Morgan fingerprint density at radius 2 is 1.62 bits per heavy atom. The highest BCUT2D eigenvalue weighted by molar-refractivity contribution is 5.91. The number of hydrogen-bond acceptors (Lipinski definition) is 3. The third kappa shape index (κ3) is 6.24. The predicted octanol–water partition coefficient (Wildman–Crippen LogP) is 3.99. The van der Waals surface area contributed by atoms with Gasteiger partial charge in [0.15, 0.2) is 0 Å². The number of carbonyl (C=O) groups is 2. The molecular formula is C21H26N2O3. The monoisotopic (exact) mass is 354 g/mol. The molecule has 0 aromatic heterocycles. The second-order valence-electron chi connectivity index (χ2n) is 6.61. The SMILES string of the molecule is CC(=O)NC(CC(=O)Nc1ccc(OC(C)C)cc1)c1ccc(C)cc1. The number of ether oxygens (including phenoxy) is 1. The molecule has 1 unspecified atom stereocenters. The molecule has 0 saturated carbocycles. The van der Waals surface area contributed by atoms with E-state index in [1.165, 1.54) is 6.92 Å². The Hall–Kier alpha value is -2.82. The van der Waals surface area contributed by atoms with Crippen molar-refractivity contribution in [1.29, 1.82) is 0 Å². The smallest absolute Gasteiger partial charge is 0.226 e. The largest absolute Gasteiger partial charge is 0.491 e. The van der Waals surface area contributed by atoms with Gasteiger partial charge >= 0.3 is 0 Å². The Labute approximate surface area is 154 Å². The molecule has 0 radical (unpaired) electrons. The zero-order valence-corrected chi connectivity index (χ0v) is 15.7. The summed E-state index contributed by atoms with van der Waals surface area (Å²) >= 11 is 0. The average molecular weight is 354 g/mol. The lowest BCUT2D eigenvalue weighted by atomic mass is 10.0. The topological polar surface area (TPSA) is 67.4 Å². The van der Waals surface area contributed by atoms with Crippen LogP contribution in [-0.2, 0) is 9.59 Å². The Kier molecular flexibility index (Phi) is 6.78. The van der Waals surface area contributed by atoms with Gasteiger partial charge in [0.2, 0.25) is 11.8 Å². The van der Waals surface area contributed by atoms with Crippen LogP contribution in [0.5, 0.6) is 5.75 Å². The number of nitrogens with one attached hydrogen (secondary N) is 2. The van der Waals surface area contributed by atoms with Crippen molar-refractivity contribution in [2.75, 3.05) is 5.32 Å². The van der Waals surface area contributed by atoms with Gasteiger partial charge < -0.3 is 15.4 Å². The van der Waals surface area contributed by atoms with Crippen LogP contribution in [0.15, 0.2) is 48.5 Å². The quantitative estimate of drug-likeness (QED) is 0.790. The first-order valence-electron chi connectivity index (χ1n) is 8.73. The number of carbonyl (C=O) groups excluding carboxylic acids is 2. The number of rotatable bonds is 7. The molecule has 0 heterocycles. The predicted molar refractivity (Wildman–Crippen MR) is 103 cm³/mol. The van der Waals surface area contributed by atoms with Gasteiger partial charge in [-0.2, -0.15) is 0 Å². The summed E-state index contributed by atoms with van der Waals surface area (Å²) in [6.07, 6.45) is 0.260. The molecule has 0 aliphatic carbocycles. The van der Waals surface area contributed by atoms with Crippen LogP contribution in [0.1, 0.15) is 44.4 Å². The van der Waals surface area contributed by atoms with Crippen LogP contribution in [0.25, 0.3) is 0 Å². The van der Waals surface area contributed by atoms with Gasteiger partial charge in [-0.1, -0.05) is 29.8 Å². The molecule has 26 heavy (non-hydrogen) atoms. The fourth-order valence-electron chi connectivity index (χ4n) is 2.58. The molecule has 0 saturated heterocycles. The molecule has 5 nitrogen and oxygen atoms in total. The van der Waals surface area contributed by atoms with E-state index in [4.69, 9.17) is 4.74 Å². The highest BCUT2D eigenvalue weighted by Gasteiger charge is 2.17. The molecule has 0 fully saturated rings. The minimum atomic E-state index is -0.364. The van der Waals surface area contributed by atoms with Crippen LogP contribution in [-0.4, -0.2) is 17.9 Å². The summed E-state index contributed by atoms with van der Waals surface area (Å²) < 4.78 is 5.59. The number of hydrogen-bond donors (Lipinski definition) is 2. The van der Waals surface area contributed by atoms with E-state index < -0.39 is 0 Å². The summed E-state index contributed by atoms with van der Waals surface area (Å²) in [6, 6.07) is 14.7. The van der Waals surface area contributed by atoms with Gasteiger partial charge in [-0.05, 0) is 50.6 Å². The van der Waals surface area contributed by atoms with E-state index in [0.29, 0.717) is 5.69 Å². The van der Waals surface area contributed by atoms with E-state index in [1.54, 1.807) is 12.1 Å². The number of amides is 2. The van der Waals surface area contributed by atoms with Gasteiger partial charge in [0.25, 0.3) is 0 Å². The molecule has 5 heteroatoms. The van der Waals surface area contributed by atoms with Crippen molar-refractivity contribution in [2.24, 2.45) is 0 Å². The number of aryl methyl sites for hydroxylation is 1. The summed E-state index contributed by atoms with van der Waals surface area (Å²) in [5.74, 6) is 0.425. The minimum absolute atomic E-state index is 0.100. The highest BCUT2D eigenvalue weighted by atomic mass is 16.5. The molecule has 2 N–H and O–H groups in total. The summed E-state index contributed by atoms with van der Waals surface area (Å²) in [4.78, 5) is 23.9. The van der Waals surface area contributed by atoms with Gasteiger partial charge in [-0.25, -0.2) is 0 Å². The molecule has 0 bridgehead atoms. The zero-order chi connectivity index (χ0) is 19.1. The molecule has 138 valence electrons. The van der Waals surface area contributed by atoms with Crippen molar-refractivity contribution >= 4 is 17.5 Å². The average Bonchev–Trinajstić information content (AvgIpc) is 2.56. The molecule has 2 rings (SSSR count). The molecule has 0 spiro atoms. The van der Waals surface area contributed by atoms with E-state index in [2.05, 4.69) is 10.6 Å². The molecule has 0 aliphatic heterocycles. The first kappa shape index (κ1) is 19.5. The van der Waals surface area contributed by atoms with Gasteiger partial charge in [-0.15, -0.1) is 0 Å². The summed E-state index contributed by atoms with van der Waals surface area (Å²) in [6.45, 7) is 7.37. The van der Waals surface area contributed by atoms with Crippen molar-refractivity contribution < 1.29 is 14.3 Å². The third-order valence-electron chi connectivity index (χ3n) is 3.76. The minimum Gasteiger partial charge on any atom is -0.491 e. The molecule has 2 aromatic carbocycles. The van der Waals surface area contributed by atoms with Crippen LogP contribution in [0.3, 0.4) is 0 Å². The van der Waals surface area contributed by atoms with Crippen LogP contribution < -0.4 is 15.4 Å². The molecule has 2 aromatic rings. The van der Waals surface area contributed by atoms with E-state index >= 15 is 0 Å². The number of anilines is 1. The standard InChI is InChI=1S/C21H26N2O3/c1-14(2)26-19-11-9-18(10-12-19)23-21(25)13-20(22-16(4)24)17-7-5-15(3)6-8-17/h5-12,14,20H,13H2,1-4H3,(H,22,24)(H,23,25). The van der Waals surface area contributed by atoms with E-state index in [9.17, 15) is 9.59 Å². The second-order valence-corrected chi connectivity index (χ2v) is 6.61. The Morgan fingerprint density at radius 3 is 2.15 bits per heavy atom. The van der Waals surface area contributed by atoms with Crippen molar-refractivity contribution in [3.8, 4) is 5.75 Å². The van der Waals surface area contributed by atoms with Crippen LogP contribution >= 0.6 is 0 Å². The van der Waals surface area contributed by atoms with Crippen LogP contribution in [0, 0.1) is 6.92 Å². The van der Waals surface area contributed by atoms with Gasteiger partial charge in [0.1, 0.15) is 5.75 Å². The summed E-state index contributed by atoms with van der Waals surface area (Å²) in [5, 5.41) is 5.70. The maximum atomic E-state index is 12.4. The normalized spacial score (nSPS) is 11.7. The lowest BCUT2D eigenvalue weighted by Gasteiger charge is -2.18. The molecule has 1 atom stereocenters. The van der Waals surface area contributed by atoms with Crippen molar-refractivity contribution in [3.63, 3.8) is 0 Å². The van der Waals surface area contributed by atoms with Crippen molar-refractivity contribution in [1.82, 2.24) is 5.32 Å². The lowest BCUT2D eigenvalue weighted by Crippen LogP contribution is -2.29. The van der Waals surface area contributed by atoms with Crippen molar-refractivity contribution in [3.05, 3.63) is 59.7 Å². The lowest BCUT2D eigenvalue weighted by molar-refractivity contribution is -0.120. The summed E-state index contributed by atoms with van der Waals surface area (Å²) in [7, 11) is 0. The highest BCUT2D eigenvalue weighted by Crippen LogP contribution is 2.20. The first-order chi connectivity index (χ1) is 12.3. The van der Waals surface area contributed by atoms with Crippen molar-refractivity contribution in [2.45, 2.75) is 46.3 Å². The summed E-state index contributed by atoms with van der Waals surface area (Å²) in [5.41, 5.74) is 2.72. The Morgan fingerprint density at radius 1 is 1.00 bits per heavy atom. The van der Waals surface area contributed by atoms with Gasteiger partial charge in [0.05, 0.1) is 18.6 Å². The number of benzene rings is 2. The Bertz CT molecular complexity index is 737. The fraction of sp³-hybridized carbons (Fsp3) is 0.333. The van der Waals surface area contributed by atoms with Crippen LogP contribution in [0.2, 0.25) is 0 Å². The third-order valence-corrected chi connectivity index (χ3v) is 3.76. The Balaban J connectivity index is 2.02. The van der Waals surface area contributed by atoms with E-state index in [0.717, 1.165) is 16.9 Å². The van der Waals surface area contributed by atoms with Gasteiger partial charge in [0, 0.05) is 12.6 Å². The maximum Gasteiger partial charge on any atom is 0.226 e. The zero-order valence-electron chi connectivity index (χ0n) is 15.7. The molecular weight excluding hydrogens is 328 g/mol. The second kappa shape index (κ2) is 9.04.